The van der Waals surface area contributed by atoms with Crippen molar-refractivity contribution in [3.63, 3.8) is 0 Å². The van der Waals surface area contributed by atoms with Crippen molar-refractivity contribution in [1.29, 1.82) is 0 Å². The van der Waals surface area contributed by atoms with E-state index < -0.39 is 0 Å². The number of likely N-dealkylation sites (tertiary alicyclic amines) is 1. The van der Waals surface area contributed by atoms with Crippen molar-refractivity contribution in [1.82, 2.24) is 10.2 Å². The van der Waals surface area contributed by atoms with Crippen LogP contribution in [0.3, 0.4) is 0 Å². The standard InChI is InChI=1S/C13H27N3O/c1-10(2)12(14)8-13(17)15-9-11(3)16-6-4-5-7-16/h10-12H,4-9,14H2,1-3H3,(H,15,17). The first kappa shape index (κ1) is 14.5. The SMILES string of the molecule is CC(C)C(N)CC(=O)NCC(C)N1CCCC1. The summed E-state index contributed by atoms with van der Waals surface area (Å²) in [5.74, 6) is 0.439. The van der Waals surface area contributed by atoms with E-state index >= 15 is 0 Å². The molecule has 1 saturated heterocycles. The molecule has 0 radical (unpaired) electrons. The Labute approximate surface area is 105 Å². The molecule has 0 aliphatic carbocycles. The Hall–Kier alpha value is -0.610. The number of nitrogens with zero attached hydrogens (tertiary/aromatic N) is 1. The molecule has 2 unspecified atom stereocenters. The zero-order valence-electron chi connectivity index (χ0n) is 11.4. The van der Waals surface area contributed by atoms with Crippen LogP contribution in [0.5, 0.6) is 0 Å². The number of rotatable bonds is 6. The largest absolute Gasteiger partial charge is 0.354 e. The maximum absolute atomic E-state index is 11.7. The van der Waals surface area contributed by atoms with Gasteiger partial charge in [-0.3, -0.25) is 9.69 Å². The number of nitrogens with two attached hydrogens (primary N) is 1. The first-order valence-corrected chi connectivity index (χ1v) is 6.77. The minimum absolute atomic E-state index is 0.0305. The summed E-state index contributed by atoms with van der Waals surface area (Å²) >= 11 is 0. The molecule has 0 aromatic heterocycles. The quantitative estimate of drug-likeness (QED) is 0.728. The van der Waals surface area contributed by atoms with Crippen LogP contribution < -0.4 is 11.1 Å². The molecule has 0 aromatic carbocycles. The smallest absolute Gasteiger partial charge is 0.221 e. The van der Waals surface area contributed by atoms with Gasteiger partial charge in [0.25, 0.3) is 0 Å². The molecule has 17 heavy (non-hydrogen) atoms. The van der Waals surface area contributed by atoms with Crippen LogP contribution in [0.4, 0.5) is 0 Å². The highest BCUT2D eigenvalue weighted by Crippen LogP contribution is 2.10. The second-order valence-corrected chi connectivity index (χ2v) is 5.51. The zero-order valence-corrected chi connectivity index (χ0v) is 11.4. The first-order valence-electron chi connectivity index (χ1n) is 6.77. The van der Waals surface area contributed by atoms with Gasteiger partial charge in [-0.2, -0.15) is 0 Å². The molecule has 1 rings (SSSR count). The van der Waals surface area contributed by atoms with Crippen molar-refractivity contribution < 1.29 is 4.79 Å². The Morgan fingerprint density at radius 2 is 1.88 bits per heavy atom. The van der Waals surface area contributed by atoms with E-state index in [9.17, 15) is 4.79 Å². The van der Waals surface area contributed by atoms with E-state index in [1.807, 2.05) is 13.8 Å². The minimum atomic E-state index is -0.0305. The third-order valence-corrected chi connectivity index (χ3v) is 3.64. The average molecular weight is 241 g/mol. The van der Waals surface area contributed by atoms with Crippen LogP contribution in [0, 0.1) is 5.92 Å². The lowest BCUT2D eigenvalue weighted by Crippen LogP contribution is -2.42. The van der Waals surface area contributed by atoms with Crippen LogP contribution in [-0.2, 0) is 4.79 Å². The van der Waals surface area contributed by atoms with E-state index in [-0.39, 0.29) is 11.9 Å². The fourth-order valence-electron chi connectivity index (χ4n) is 2.09. The van der Waals surface area contributed by atoms with Crippen LogP contribution >= 0.6 is 0 Å². The minimum Gasteiger partial charge on any atom is -0.354 e. The number of amides is 1. The Kier molecular flexibility index (Phi) is 5.92. The highest BCUT2D eigenvalue weighted by Gasteiger charge is 2.19. The molecule has 1 amide bonds. The monoisotopic (exact) mass is 241 g/mol. The lowest BCUT2D eigenvalue weighted by atomic mass is 10.0. The summed E-state index contributed by atoms with van der Waals surface area (Å²) < 4.78 is 0. The lowest BCUT2D eigenvalue weighted by molar-refractivity contribution is -0.121. The molecular weight excluding hydrogens is 214 g/mol. The van der Waals surface area contributed by atoms with Gasteiger partial charge in [-0.1, -0.05) is 13.8 Å². The predicted molar refractivity (Wildman–Crippen MR) is 70.7 cm³/mol. The van der Waals surface area contributed by atoms with Gasteiger partial charge in [-0.15, -0.1) is 0 Å². The molecule has 0 aromatic rings. The van der Waals surface area contributed by atoms with Gasteiger partial charge in [0.15, 0.2) is 0 Å². The summed E-state index contributed by atoms with van der Waals surface area (Å²) in [6.45, 7) is 9.35. The van der Waals surface area contributed by atoms with Gasteiger partial charge < -0.3 is 11.1 Å². The van der Waals surface area contributed by atoms with Crippen molar-refractivity contribution in [3.8, 4) is 0 Å². The van der Waals surface area contributed by atoms with Crippen LogP contribution in [-0.4, -0.2) is 42.5 Å². The molecule has 4 heteroatoms. The zero-order chi connectivity index (χ0) is 12.8. The molecule has 0 saturated carbocycles. The van der Waals surface area contributed by atoms with Gasteiger partial charge in [-0.25, -0.2) is 0 Å². The van der Waals surface area contributed by atoms with Crippen LogP contribution in [0.25, 0.3) is 0 Å². The van der Waals surface area contributed by atoms with E-state index in [0.29, 0.717) is 18.4 Å². The highest BCUT2D eigenvalue weighted by atomic mass is 16.1. The number of carbonyl (C=O) groups is 1. The number of hydrogen-bond donors (Lipinski definition) is 2. The van der Waals surface area contributed by atoms with Crippen molar-refractivity contribution >= 4 is 5.91 Å². The molecule has 100 valence electrons. The van der Waals surface area contributed by atoms with Crippen LogP contribution in [0.15, 0.2) is 0 Å². The summed E-state index contributed by atoms with van der Waals surface area (Å²) in [6.07, 6.45) is 3.01. The third kappa shape index (κ3) is 5.04. The summed E-state index contributed by atoms with van der Waals surface area (Å²) in [4.78, 5) is 14.1. The van der Waals surface area contributed by atoms with Gasteiger partial charge >= 0.3 is 0 Å². The Balaban J connectivity index is 2.18. The Morgan fingerprint density at radius 3 is 2.41 bits per heavy atom. The second-order valence-electron chi connectivity index (χ2n) is 5.51. The summed E-state index contributed by atoms with van der Waals surface area (Å²) in [5, 5.41) is 2.98. The van der Waals surface area contributed by atoms with Crippen LogP contribution in [0.2, 0.25) is 0 Å². The van der Waals surface area contributed by atoms with Crippen molar-refractivity contribution in [2.45, 2.75) is 52.1 Å². The molecule has 1 heterocycles. The average Bonchev–Trinajstić information content (AvgIpc) is 2.79. The molecular formula is C13H27N3O. The van der Waals surface area contributed by atoms with Crippen molar-refractivity contribution in [3.05, 3.63) is 0 Å². The molecule has 4 nitrogen and oxygen atoms in total. The van der Waals surface area contributed by atoms with Crippen molar-refractivity contribution in [2.75, 3.05) is 19.6 Å². The van der Waals surface area contributed by atoms with Gasteiger partial charge in [0.1, 0.15) is 0 Å². The highest BCUT2D eigenvalue weighted by molar-refractivity contribution is 5.76. The predicted octanol–water partition coefficient (Wildman–Crippen LogP) is 0.960. The number of carbonyl (C=O) groups excluding carboxylic acids is 1. The van der Waals surface area contributed by atoms with E-state index in [1.165, 1.54) is 25.9 Å². The van der Waals surface area contributed by atoms with Gasteiger partial charge in [-0.05, 0) is 38.8 Å². The molecule has 2 atom stereocenters. The van der Waals surface area contributed by atoms with Crippen LogP contribution in [0.1, 0.15) is 40.0 Å². The van der Waals surface area contributed by atoms with E-state index in [0.717, 1.165) is 6.54 Å². The second kappa shape index (κ2) is 6.97. The molecule has 3 N–H and O–H groups in total. The third-order valence-electron chi connectivity index (χ3n) is 3.64. The molecule has 1 fully saturated rings. The number of nitrogens with one attached hydrogen (secondary N) is 1. The van der Waals surface area contributed by atoms with E-state index in [4.69, 9.17) is 5.73 Å². The summed E-state index contributed by atoms with van der Waals surface area (Å²) in [5.41, 5.74) is 5.87. The normalized spacial score (nSPS) is 20.5. The summed E-state index contributed by atoms with van der Waals surface area (Å²) in [7, 11) is 0. The van der Waals surface area contributed by atoms with Gasteiger partial charge in [0, 0.05) is 25.0 Å². The van der Waals surface area contributed by atoms with E-state index in [1.54, 1.807) is 0 Å². The van der Waals surface area contributed by atoms with Gasteiger partial charge in [0.2, 0.25) is 5.91 Å². The Morgan fingerprint density at radius 1 is 1.29 bits per heavy atom. The fourth-order valence-corrected chi connectivity index (χ4v) is 2.09. The molecule has 1 aliphatic heterocycles. The molecule has 1 aliphatic rings. The summed E-state index contributed by atoms with van der Waals surface area (Å²) in [6, 6.07) is 0.411. The van der Waals surface area contributed by atoms with E-state index in [2.05, 4.69) is 17.1 Å². The molecule has 0 spiro atoms. The van der Waals surface area contributed by atoms with Crippen molar-refractivity contribution in [2.24, 2.45) is 11.7 Å². The maximum atomic E-state index is 11.7. The maximum Gasteiger partial charge on any atom is 0.221 e. The first-order chi connectivity index (χ1) is 8.00. The Bertz CT molecular complexity index is 237. The topological polar surface area (TPSA) is 58.4 Å². The van der Waals surface area contributed by atoms with Gasteiger partial charge in [0.05, 0.1) is 0 Å². The lowest BCUT2D eigenvalue weighted by Gasteiger charge is -2.24. The number of hydrogen-bond acceptors (Lipinski definition) is 3. The fraction of sp³-hybridized carbons (Fsp3) is 0.923. The molecule has 0 bridgehead atoms.